The fraction of sp³-hybridized carbons (Fsp3) is 0.447. The van der Waals surface area contributed by atoms with Crippen LogP contribution in [0.4, 0.5) is 0 Å². The molecule has 2 saturated heterocycles. The molecule has 0 radical (unpaired) electrons. The Balaban J connectivity index is 1.41. The van der Waals surface area contributed by atoms with Gasteiger partial charge in [0.2, 0.25) is 0 Å². The maximum absolute atomic E-state index is 12.5. The fourth-order valence-corrected chi connectivity index (χ4v) is 6.01. The van der Waals surface area contributed by atoms with Crippen LogP contribution < -0.4 is 0 Å². The number of hydrogen-bond donors (Lipinski definition) is 1. The van der Waals surface area contributed by atoms with Crippen molar-refractivity contribution in [2.75, 3.05) is 6.61 Å². The molecule has 258 valence electrons. The van der Waals surface area contributed by atoms with Crippen LogP contribution in [0.1, 0.15) is 37.5 Å². The standard InChI is InChI=1S/C38H46O10/c1-5-21-41-34-32(43-23-29-17-11-7-12-18-29)26(3)46-38(36(34)47-27(4)39)48-35-33(44-24-30-19-13-8-14-20-30)31(25(2)45-37(35)40)42-22-28-15-9-6-10-16-28/h5-20,25-26,31-38,40H,1,21-24H2,2-4H3/t25-,26-,31-,32-,33+,34+,35-,36-,37-,38+/m1/s1. The minimum absolute atomic E-state index is 0.165. The van der Waals surface area contributed by atoms with Gasteiger partial charge in [0.1, 0.15) is 30.5 Å². The van der Waals surface area contributed by atoms with E-state index in [4.69, 9.17) is 37.9 Å². The number of carbonyl (C=O) groups excluding carboxylic acids is 1. The van der Waals surface area contributed by atoms with Gasteiger partial charge in [0, 0.05) is 6.92 Å². The molecule has 0 unspecified atom stereocenters. The van der Waals surface area contributed by atoms with E-state index in [0.717, 1.165) is 16.7 Å². The zero-order chi connectivity index (χ0) is 33.9. The van der Waals surface area contributed by atoms with Crippen molar-refractivity contribution in [2.24, 2.45) is 0 Å². The second-order valence-electron chi connectivity index (χ2n) is 12.0. The maximum atomic E-state index is 12.5. The van der Waals surface area contributed by atoms with E-state index in [-0.39, 0.29) is 26.4 Å². The lowest BCUT2D eigenvalue weighted by molar-refractivity contribution is -0.367. The van der Waals surface area contributed by atoms with E-state index in [9.17, 15) is 9.90 Å². The topological polar surface area (TPSA) is 111 Å². The first-order valence-electron chi connectivity index (χ1n) is 16.3. The molecule has 2 aliphatic rings. The summed E-state index contributed by atoms with van der Waals surface area (Å²) in [5.74, 6) is -0.559. The van der Waals surface area contributed by atoms with Crippen molar-refractivity contribution in [3.05, 3.63) is 120 Å². The highest BCUT2D eigenvalue weighted by Crippen LogP contribution is 2.35. The van der Waals surface area contributed by atoms with Gasteiger partial charge in [-0.05, 0) is 30.5 Å². The first kappa shape index (κ1) is 35.8. The molecule has 1 N–H and O–H groups in total. The maximum Gasteiger partial charge on any atom is 0.303 e. The molecule has 10 atom stereocenters. The third kappa shape index (κ3) is 9.58. The molecular formula is C38H46O10. The number of aliphatic hydroxyl groups excluding tert-OH is 1. The molecule has 2 fully saturated rings. The number of carbonyl (C=O) groups is 1. The van der Waals surface area contributed by atoms with Crippen molar-refractivity contribution in [1.82, 2.24) is 0 Å². The quantitative estimate of drug-likeness (QED) is 0.174. The molecule has 3 aromatic carbocycles. The molecule has 0 amide bonds. The molecule has 0 aliphatic carbocycles. The summed E-state index contributed by atoms with van der Waals surface area (Å²) in [5.41, 5.74) is 2.87. The van der Waals surface area contributed by atoms with Crippen molar-refractivity contribution in [1.29, 1.82) is 0 Å². The Kier molecular flexibility index (Phi) is 13.3. The number of rotatable bonds is 15. The van der Waals surface area contributed by atoms with E-state index < -0.39 is 67.4 Å². The Hall–Kier alpha value is -3.45. The number of ether oxygens (including phenoxy) is 8. The second kappa shape index (κ2) is 17.8. The fourth-order valence-electron chi connectivity index (χ4n) is 6.01. The summed E-state index contributed by atoms with van der Waals surface area (Å²) in [5, 5.41) is 11.3. The van der Waals surface area contributed by atoms with Crippen LogP contribution in [0.25, 0.3) is 0 Å². The third-order valence-electron chi connectivity index (χ3n) is 8.33. The van der Waals surface area contributed by atoms with Gasteiger partial charge in [0.05, 0.1) is 38.6 Å². The van der Waals surface area contributed by atoms with E-state index in [0.29, 0.717) is 0 Å². The van der Waals surface area contributed by atoms with Gasteiger partial charge >= 0.3 is 5.97 Å². The lowest BCUT2D eigenvalue weighted by Crippen LogP contribution is -2.65. The first-order chi connectivity index (χ1) is 23.3. The molecule has 48 heavy (non-hydrogen) atoms. The number of esters is 1. The van der Waals surface area contributed by atoms with Gasteiger partial charge in [-0.1, -0.05) is 97.1 Å². The zero-order valence-corrected chi connectivity index (χ0v) is 27.7. The molecule has 0 bridgehead atoms. The van der Waals surface area contributed by atoms with E-state index >= 15 is 0 Å². The van der Waals surface area contributed by atoms with Crippen molar-refractivity contribution < 1.29 is 47.8 Å². The van der Waals surface area contributed by atoms with Gasteiger partial charge in [-0.3, -0.25) is 4.79 Å². The van der Waals surface area contributed by atoms with E-state index in [1.807, 2.05) is 105 Å². The average Bonchev–Trinajstić information content (AvgIpc) is 3.09. The summed E-state index contributed by atoms with van der Waals surface area (Å²) >= 11 is 0. The van der Waals surface area contributed by atoms with Crippen LogP contribution in [0.2, 0.25) is 0 Å². The second-order valence-corrected chi connectivity index (χ2v) is 12.0. The summed E-state index contributed by atoms with van der Waals surface area (Å²) in [6, 6.07) is 29.2. The Morgan fingerprint density at radius 3 is 1.56 bits per heavy atom. The number of aliphatic hydroxyl groups is 1. The monoisotopic (exact) mass is 662 g/mol. The van der Waals surface area contributed by atoms with Crippen molar-refractivity contribution in [2.45, 2.75) is 102 Å². The Morgan fingerprint density at radius 2 is 1.10 bits per heavy atom. The molecule has 3 aromatic rings. The van der Waals surface area contributed by atoms with Crippen LogP contribution in [0.5, 0.6) is 0 Å². The molecule has 2 heterocycles. The average molecular weight is 663 g/mol. The summed E-state index contributed by atoms with van der Waals surface area (Å²) in [6.07, 6.45) is -7.10. The summed E-state index contributed by atoms with van der Waals surface area (Å²) in [4.78, 5) is 12.5. The highest BCUT2D eigenvalue weighted by atomic mass is 16.8. The smallest absolute Gasteiger partial charge is 0.303 e. The predicted octanol–water partition coefficient (Wildman–Crippen LogP) is 5.11. The van der Waals surface area contributed by atoms with Crippen LogP contribution in [-0.2, 0) is 62.5 Å². The molecule has 5 rings (SSSR count). The summed E-state index contributed by atoms with van der Waals surface area (Å²) in [7, 11) is 0. The van der Waals surface area contributed by atoms with Gasteiger partial charge in [-0.15, -0.1) is 6.58 Å². The lowest BCUT2D eigenvalue weighted by atomic mass is 9.96. The molecule has 0 spiro atoms. The minimum atomic E-state index is -1.41. The minimum Gasteiger partial charge on any atom is -0.454 e. The van der Waals surface area contributed by atoms with Crippen LogP contribution in [-0.4, -0.2) is 79.1 Å². The summed E-state index contributed by atoms with van der Waals surface area (Å²) in [6.45, 7) is 9.72. The van der Waals surface area contributed by atoms with E-state index in [1.54, 1.807) is 6.08 Å². The molecular weight excluding hydrogens is 616 g/mol. The number of benzene rings is 3. The molecule has 2 aliphatic heterocycles. The normalized spacial score (nSPS) is 30.4. The van der Waals surface area contributed by atoms with Gasteiger partial charge in [0.25, 0.3) is 0 Å². The largest absolute Gasteiger partial charge is 0.454 e. The van der Waals surface area contributed by atoms with Gasteiger partial charge in [-0.25, -0.2) is 0 Å². The SMILES string of the molecule is C=CCO[C@@H]1[C@@H](OC(C)=O)[C@H](O[C@@H]2[C@@H](OCc3ccccc3)[C@H](OCc3ccccc3)[C@@H](C)O[C@H]2O)O[C@H](C)[C@H]1OCc1ccccc1. The van der Waals surface area contributed by atoms with E-state index in [1.165, 1.54) is 6.92 Å². The van der Waals surface area contributed by atoms with Gasteiger partial charge < -0.3 is 43.0 Å². The highest BCUT2D eigenvalue weighted by Gasteiger charge is 2.53. The Labute approximate surface area is 282 Å². The van der Waals surface area contributed by atoms with Crippen LogP contribution >= 0.6 is 0 Å². The zero-order valence-electron chi connectivity index (χ0n) is 27.7. The van der Waals surface area contributed by atoms with Crippen LogP contribution in [0.15, 0.2) is 104 Å². The molecule has 0 aromatic heterocycles. The van der Waals surface area contributed by atoms with Crippen molar-refractivity contribution in [3.63, 3.8) is 0 Å². The van der Waals surface area contributed by atoms with Crippen LogP contribution in [0, 0.1) is 0 Å². The Morgan fingerprint density at radius 1 is 0.667 bits per heavy atom. The molecule has 10 heteroatoms. The van der Waals surface area contributed by atoms with Crippen molar-refractivity contribution in [3.8, 4) is 0 Å². The van der Waals surface area contributed by atoms with E-state index in [2.05, 4.69) is 6.58 Å². The van der Waals surface area contributed by atoms with Crippen LogP contribution in [0.3, 0.4) is 0 Å². The first-order valence-corrected chi connectivity index (χ1v) is 16.3. The Bertz CT molecular complexity index is 1390. The van der Waals surface area contributed by atoms with Crippen molar-refractivity contribution >= 4 is 5.97 Å². The predicted molar refractivity (Wildman–Crippen MR) is 176 cm³/mol. The lowest BCUT2D eigenvalue weighted by Gasteiger charge is -2.48. The molecule has 0 saturated carbocycles. The highest BCUT2D eigenvalue weighted by molar-refractivity contribution is 5.66. The summed E-state index contributed by atoms with van der Waals surface area (Å²) < 4.78 is 50.1. The van der Waals surface area contributed by atoms with Gasteiger partial charge in [-0.2, -0.15) is 0 Å². The number of hydrogen-bond acceptors (Lipinski definition) is 10. The van der Waals surface area contributed by atoms with Gasteiger partial charge in [0.15, 0.2) is 18.7 Å². The molecule has 10 nitrogen and oxygen atoms in total. The third-order valence-corrected chi connectivity index (χ3v) is 8.33.